The average molecular weight is 229 g/mol. The van der Waals surface area contributed by atoms with Crippen LogP contribution in [-0.4, -0.2) is 9.78 Å². The Hall–Kier alpha value is -1.77. The Balaban J connectivity index is 2.37. The second kappa shape index (κ2) is 5.04. The van der Waals surface area contributed by atoms with E-state index in [2.05, 4.69) is 18.9 Å². The average Bonchev–Trinajstić information content (AvgIpc) is 2.74. The van der Waals surface area contributed by atoms with Crippen LogP contribution < -0.4 is 5.73 Å². The van der Waals surface area contributed by atoms with E-state index in [1.807, 2.05) is 41.1 Å². The van der Waals surface area contributed by atoms with E-state index < -0.39 is 0 Å². The van der Waals surface area contributed by atoms with Gasteiger partial charge in [-0.3, -0.25) is 0 Å². The maximum absolute atomic E-state index is 6.02. The quantitative estimate of drug-likeness (QED) is 0.873. The molecule has 3 nitrogen and oxygen atoms in total. The van der Waals surface area contributed by atoms with Crippen LogP contribution in [0.25, 0.3) is 5.69 Å². The Kier molecular flexibility index (Phi) is 3.47. The molecule has 0 saturated heterocycles. The van der Waals surface area contributed by atoms with Crippen LogP contribution in [0, 0.1) is 0 Å². The molecule has 0 unspecified atom stereocenters. The number of nitrogen functional groups attached to an aromatic ring is 1. The van der Waals surface area contributed by atoms with Gasteiger partial charge in [0.25, 0.3) is 0 Å². The molecule has 0 amide bonds. The van der Waals surface area contributed by atoms with Gasteiger partial charge in [-0.25, -0.2) is 4.68 Å². The lowest BCUT2D eigenvalue weighted by atomic mass is 10.00. The van der Waals surface area contributed by atoms with Gasteiger partial charge in [-0.2, -0.15) is 5.10 Å². The molecular formula is C14H19N3. The summed E-state index contributed by atoms with van der Waals surface area (Å²) in [6.45, 7) is 4.37. The predicted molar refractivity (Wildman–Crippen MR) is 71.3 cm³/mol. The van der Waals surface area contributed by atoms with Gasteiger partial charge < -0.3 is 5.73 Å². The molecule has 0 radical (unpaired) electrons. The molecule has 2 N–H and O–H groups in total. The number of para-hydroxylation sites is 1. The Labute approximate surface area is 102 Å². The van der Waals surface area contributed by atoms with Gasteiger partial charge in [-0.15, -0.1) is 0 Å². The zero-order valence-electron chi connectivity index (χ0n) is 10.4. The summed E-state index contributed by atoms with van der Waals surface area (Å²) >= 11 is 0. The second-order valence-electron chi connectivity index (χ2n) is 4.25. The monoisotopic (exact) mass is 229 g/mol. The normalized spacial score (nSPS) is 11.0. The molecule has 1 aromatic heterocycles. The third-order valence-corrected chi connectivity index (χ3v) is 3.16. The molecule has 2 rings (SSSR count). The number of nitrogens with zero attached hydrogens (tertiary/aromatic N) is 2. The predicted octanol–water partition coefficient (Wildman–Crippen LogP) is 3.36. The molecule has 90 valence electrons. The van der Waals surface area contributed by atoms with Crippen molar-refractivity contribution in [3.05, 3.63) is 42.1 Å². The van der Waals surface area contributed by atoms with Gasteiger partial charge in [-0.05, 0) is 25.0 Å². The maximum Gasteiger partial charge on any atom is 0.127 e. The summed E-state index contributed by atoms with van der Waals surface area (Å²) in [5.74, 6) is 1.21. The smallest absolute Gasteiger partial charge is 0.127 e. The molecule has 0 aliphatic rings. The molecule has 0 aliphatic heterocycles. The minimum absolute atomic E-state index is 0.502. The summed E-state index contributed by atoms with van der Waals surface area (Å²) in [5.41, 5.74) is 8.13. The number of nitrogens with two attached hydrogens (primary N) is 1. The van der Waals surface area contributed by atoms with Crippen molar-refractivity contribution in [3.8, 4) is 5.69 Å². The van der Waals surface area contributed by atoms with Crippen LogP contribution in [-0.2, 0) is 0 Å². The fraction of sp³-hybridized carbons (Fsp3) is 0.357. The van der Waals surface area contributed by atoms with Crippen LogP contribution in [0.5, 0.6) is 0 Å². The highest BCUT2D eigenvalue weighted by Crippen LogP contribution is 2.24. The molecule has 3 heteroatoms. The summed E-state index contributed by atoms with van der Waals surface area (Å²) in [5, 5.41) is 4.61. The maximum atomic E-state index is 6.02. The summed E-state index contributed by atoms with van der Waals surface area (Å²) in [7, 11) is 0. The Morgan fingerprint density at radius 2 is 1.82 bits per heavy atom. The molecule has 0 spiro atoms. The molecule has 17 heavy (non-hydrogen) atoms. The molecular weight excluding hydrogens is 210 g/mol. The Bertz CT molecular complexity index is 469. The van der Waals surface area contributed by atoms with Gasteiger partial charge in [0.2, 0.25) is 0 Å². The largest absolute Gasteiger partial charge is 0.384 e. The van der Waals surface area contributed by atoms with E-state index in [4.69, 9.17) is 5.73 Å². The second-order valence-corrected chi connectivity index (χ2v) is 4.25. The summed E-state index contributed by atoms with van der Waals surface area (Å²) in [6.07, 6.45) is 2.20. The summed E-state index contributed by atoms with van der Waals surface area (Å²) < 4.78 is 1.81. The molecule has 0 atom stereocenters. The van der Waals surface area contributed by atoms with Crippen molar-refractivity contribution in [1.29, 1.82) is 0 Å². The molecule has 0 aliphatic carbocycles. The highest BCUT2D eigenvalue weighted by atomic mass is 15.3. The molecule has 0 fully saturated rings. The minimum Gasteiger partial charge on any atom is -0.384 e. The topological polar surface area (TPSA) is 43.8 Å². The van der Waals surface area contributed by atoms with Crippen molar-refractivity contribution in [1.82, 2.24) is 9.78 Å². The lowest BCUT2D eigenvalue weighted by Gasteiger charge is -2.08. The van der Waals surface area contributed by atoms with Gasteiger partial charge in [0.15, 0.2) is 0 Å². The molecule has 2 aromatic rings. The highest BCUT2D eigenvalue weighted by Gasteiger charge is 2.13. The van der Waals surface area contributed by atoms with Crippen LogP contribution in [0.4, 0.5) is 5.82 Å². The number of hydrogen-bond acceptors (Lipinski definition) is 2. The van der Waals surface area contributed by atoms with E-state index in [-0.39, 0.29) is 0 Å². The van der Waals surface area contributed by atoms with Crippen LogP contribution in [0.2, 0.25) is 0 Å². The molecule has 0 saturated carbocycles. The van der Waals surface area contributed by atoms with Crippen molar-refractivity contribution in [2.75, 3.05) is 5.73 Å². The zero-order chi connectivity index (χ0) is 12.3. The number of rotatable bonds is 4. The van der Waals surface area contributed by atoms with Gasteiger partial charge in [0.1, 0.15) is 5.82 Å². The first-order chi connectivity index (χ1) is 8.26. The number of hydrogen-bond donors (Lipinski definition) is 1. The highest BCUT2D eigenvalue weighted by molar-refractivity contribution is 5.43. The van der Waals surface area contributed by atoms with E-state index in [0.29, 0.717) is 11.7 Å². The van der Waals surface area contributed by atoms with Crippen LogP contribution in [0.3, 0.4) is 0 Å². The van der Waals surface area contributed by atoms with Crippen molar-refractivity contribution < 1.29 is 0 Å². The van der Waals surface area contributed by atoms with Gasteiger partial charge in [0, 0.05) is 12.0 Å². The number of aromatic nitrogens is 2. The van der Waals surface area contributed by atoms with E-state index in [0.717, 1.165) is 24.2 Å². The lowest BCUT2D eigenvalue weighted by molar-refractivity contribution is 0.614. The summed E-state index contributed by atoms with van der Waals surface area (Å²) in [6, 6.07) is 12.0. The first kappa shape index (κ1) is 11.7. The van der Waals surface area contributed by atoms with E-state index in [1.54, 1.807) is 0 Å². The standard InChI is InChI=1S/C14H19N3/c1-3-11(4-2)13-10-14(15)17(16-13)12-8-6-5-7-9-12/h5-11H,3-4,15H2,1-2H3. The minimum atomic E-state index is 0.502. The Morgan fingerprint density at radius 1 is 1.18 bits per heavy atom. The van der Waals surface area contributed by atoms with Crippen molar-refractivity contribution in [2.24, 2.45) is 0 Å². The van der Waals surface area contributed by atoms with E-state index in [9.17, 15) is 0 Å². The van der Waals surface area contributed by atoms with Crippen LogP contribution in [0.1, 0.15) is 38.3 Å². The number of benzene rings is 1. The van der Waals surface area contributed by atoms with Gasteiger partial charge >= 0.3 is 0 Å². The molecule has 1 heterocycles. The van der Waals surface area contributed by atoms with Gasteiger partial charge in [-0.1, -0.05) is 32.0 Å². The first-order valence-electron chi connectivity index (χ1n) is 6.17. The Morgan fingerprint density at radius 3 is 2.41 bits per heavy atom. The zero-order valence-corrected chi connectivity index (χ0v) is 10.4. The third kappa shape index (κ3) is 2.33. The number of anilines is 1. The van der Waals surface area contributed by atoms with Gasteiger partial charge in [0.05, 0.1) is 11.4 Å². The van der Waals surface area contributed by atoms with Crippen molar-refractivity contribution in [3.63, 3.8) is 0 Å². The first-order valence-corrected chi connectivity index (χ1v) is 6.17. The fourth-order valence-electron chi connectivity index (χ4n) is 2.10. The molecule has 0 bridgehead atoms. The SMILES string of the molecule is CCC(CC)c1cc(N)n(-c2ccccc2)n1. The van der Waals surface area contributed by atoms with Crippen molar-refractivity contribution >= 4 is 5.82 Å². The van der Waals surface area contributed by atoms with E-state index >= 15 is 0 Å². The summed E-state index contributed by atoms with van der Waals surface area (Å²) in [4.78, 5) is 0. The van der Waals surface area contributed by atoms with Crippen LogP contribution >= 0.6 is 0 Å². The van der Waals surface area contributed by atoms with Crippen LogP contribution in [0.15, 0.2) is 36.4 Å². The van der Waals surface area contributed by atoms with Crippen molar-refractivity contribution in [2.45, 2.75) is 32.6 Å². The third-order valence-electron chi connectivity index (χ3n) is 3.16. The fourth-order valence-corrected chi connectivity index (χ4v) is 2.10. The molecule has 1 aromatic carbocycles. The lowest BCUT2D eigenvalue weighted by Crippen LogP contribution is -2.02. The van der Waals surface area contributed by atoms with E-state index in [1.165, 1.54) is 0 Å².